The Labute approximate surface area is 92.5 Å². The molecule has 0 spiro atoms. The summed E-state index contributed by atoms with van der Waals surface area (Å²) in [4.78, 5) is 18.7. The van der Waals surface area contributed by atoms with Gasteiger partial charge in [-0.3, -0.25) is 4.79 Å². The average Bonchev–Trinajstić information content (AvgIpc) is 2.83. The largest absolute Gasteiger partial charge is 0.307 e. The van der Waals surface area contributed by atoms with Crippen molar-refractivity contribution in [1.29, 1.82) is 0 Å². The Morgan fingerprint density at radius 3 is 2.94 bits per heavy atom. The standard InChI is InChI=1S/C11H14N4O/c1-7-13-11(16)9-6-12-10(15(9)14-7)8-4-2-3-5-8/h6,8H,2-5H2,1H3,(H,13,14,16). The Kier molecular flexibility index (Phi) is 2.05. The van der Waals surface area contributed by atoms with Crippen LogP contribution in [0.1, 0.15) is 43.3 Å². The molecule has 0 bridgehead atoms. The van der Waals surface area contributed by atoms with E-state index in [1.54, 1.807) is 17.6 Å². The van der Waals surface area contributed by atoms with Crippen molar-refractivity contribution in [1.82, 2.24) is 19.6 Å². The van der Waals surface area contributed by atoms with Crippen LogP contribution in [-0.4, -0.2) is 19.6 Å². The molecular weight excluding hydrogens is 204 g/mol. The molecule has 0 aromatic carbocycles. The number of imidazole rings is 1. The van der Waals surface area contributed by atoms with Crippen LogP contribution in [0.3, 0.4) is 0 Å². The van der Waals surface area contributed by atoms with Crippen molar-refractivity contribution in [3.05, 3.63) is 28.2 Å². The van der Waals surface area contributed by atoms with Gasteiger partial charge in [0.1, 0.15) is 11.6 Å². The van der Waals surface area contributed by atoms with Crippen molar-refractivity contribution < 1.29 is 0 Å². The minimum Gasteiger partial charge on any atom is -0.307 e. The molecule has 2 aromatic heterocycles. The van der Waals surface area contributed by atoms with E-state index in [1.807, 2.05) is 0 Å². The third-order valence-electron chi connectivity index (χ3n) is 3.26. The quantitative estimate of drug-likeness (QED) is 0.786. The number of aromatic amines is 1. The summed E-state index contributed by atoms with van der Waals surface area (Å²) in [7, 11) is 0. The molecule has 0 aliphatic heterocycles. The summed E-state index contributed by atoms with van der Waals surface area (Å²) in [5, 5.41) is 4.34. The van der Waals surface area contributed by atoms with Gasteiger partial charge < -0.3 is 4.98 Å². The lowest BCUT2D eigenvalue weighted by Gasteiger charge is -2.06. The van der Waals surface area contributed by atoms with E-state index in [0.29, 0.717) is 17.3 Å². The van der Waals surface area contributed by atoms with Crippen LogP contribution >= 0.6 is 0 Å². The topological polar surface area (TPSA) is 63.1 Å². The van der Waals surface area contributed by atoms with Crippen molar-refractivity contribution in [2.24, 2.45) is 0 Å². The number of nitrogens with zero attached hydrogens (tertiary/aromatic N) is 3. The van der Waals surface area contributed by atoms with Gasteiger partial charge in [0, 0.05) is 5.92 Å². The summed E-state index contributed by atoms with van der Waals surface area (Å²) in [6.45, 7) is 1.79. The second-order valence-electron chi connectivity index (χ2n) is 4.43. The van der Waals surface area contributed by atoms with Crippen molar-refractivity contribution in [2.45, 2.75) is 38.5 Å². The van der Waals surface area contributed by atoms with Gasteiger partial charge in [-0.25, -0.2) is 9.50 Å². The Balaban J connectivity index is 2.22. The van der Waals surface area contributed by atoms with Crippen molar-refractivity contribution >= 4 is 5.52 Å². The molecule has 3 rings (SSSR count). The molecule has 1 fully saturated rings. The van der Waals surface area contributed by atoms with Gasteiger partial charge in [0.05, 0.1) is 6.20 Å². The normalized spacial score (nSPS) is 17.3. The molecular formula is C11H14N4O. The van der Waals surface area contributed by atoms with Crippen LogP contribution in [0.5, 0.6) is 0 Å². The Hall–Kier alpha value is -1.65. The molecule has 2 heterocycles. The first-order chi connectivity index (χ1) is 7.75. The highest BCUT2D eigenvalue weighted by Gasteiger charge is 2.22. The van der Waals surface area contributed by atoms with Crippen molar-refractivity contribution in [3.8, 4) is 0 Å². The predicted octanol–water partition coefficient (Wildman–Crippen LogP) is 1.38. The minimum atomic E-state index is -0.107. The summed E-state index contributed by atoms with van der Waals surface area (Å²) in [5.41, 5.74) is 0.441. The minimum absolute atomic E-state index is 0.107. The Morgan fingerprint density at radius 1 is 1.44 bits per heavy atom. The zero-order valence-electron chi connectivity index (χ0n) is 9.23. The molecule has 0 amide bonds. The van der Waals surface area contributed by atoms with E-state index in [2.05, 4.69) is 15.1 Å². The molecule has 5 heteroatoms. The fraction of sp³-hybridized carbons (Fsp3) is 0.545. The zero-order chi connectivity index (χ0) is 11.1. The number of aromatic nitrogens is 4. The number of nitrogens with one attached hydrogen (secondary N) is 1. The van der Waals surface area contributed by atoms with Gasteiger partial charge in [-0.15, -0.1) is 0 Å². The predicted molar refractivity (Wildman–Crippen MR) is 59.6 cm³/mol. The SMILES string of the molecule is Cc1nn2c(C3CCCC3)ncc2c(=O)[nH]1. The molecule has 0 atom stereocenters. The summed E-state index contributed by atoms with van der Waals surface area (Å²) in [6, 6.07) is 0. The number of hydrogen-bond donors (Lipinski definition) is 1. The molecule has 0 unspecified atom stereocenters. The monoisotopic (exact) mass is 218 g/mol. The molecule has 1 saturated carbocycles. The van der Waals surface area contributed by atoms with Crippen LogP contribution in [-0.2, 0) is 0 Å². The lowest BCUT2D eigenvalue weighted by atomic mass is 10.1. The molecule has 0 saturated heterocycles. The molecule has 84 valence electrons. The smallest absolute Gasteiger partial charge is 0.276 e. The second-order valence-corrected chi connectivity index (χ2v) is 4.43. The van der Waals surface area contributed by atoms with Crippen LogP contribution < -0.4 is 5.56 Å². The van der Waals surface area contributed by atoms with Gasteiger partial charge in [-0.1, -0.05) is 12.8 Å². The van der Waals surface area contributed by atoms with E-state index < -0.39 is 0 Å². The molecule has 1 aliphatic rings. The van der Waals surface area contributed by atoms with Gasteiger partial charge >= 0.3 is 0 Å². The molecule has 1 N–H and O–H groups in total. The molecule has 2 aromatic rings. The molecule has 0 radical (unpaired) electrons. The lowest BCUT2D eigenvalue weighted by Crippen LogP contribution is -2.15. The third kappa shape index (κ3) is 1.35. The van der Waals surface area contributed by atoms with Crippen LogP contribution in [0.2, 0.25) is 0 Å². The highest BCUT2D eigenvalue weighted by atomic mass is 16.1. The summed E-state index contributed by atoms with van der Waals surface area (Å²) < 4.78 is 1.71. The third-order valence-corrected chi connectivity index (χ3v) is 3.26. The number of aryl methyl sites for hydroxylation is 1. The first-order valence-corrected chi connectivity index (χ1v) is 5.70. The summed E-state index contributed by atoms with van der Waals surface area (Å²) in [5.74, 6) is 2.05. The van der Waals surface area contributed by atoms with Crippen LogP contribution in [0, 0.1) is 6.92 Å². The Morgan fingerprint density at radius 2 is 2.19 bits per heavy atom. The maximum absolute atomic E-state index is 11.7. The highest BCUT2D eigenvalue weighted by Crippen LogP contribution is 2.32. The van der Waals surface area contributed by atoms with Crippen LogP contribution in [0.25, 0.3) is 5.52 Å². The number of H-pyrrole nitrogens is 1. The van der Waals surface area contributed by atoms with E-state index >= 15 is 0 Å². The molecule has 1 aliphatic carbocycles. The van der Waals surface area contributed by atoms with E-state index in [-0.39, 0.29) is 5.56 Å². The van der Waals surface area contributed by atoms with Gasteiger partial charge in [0.2, 0.25) is 0 Å². The van der Waals surface area contributed by atoms with Gasteiger partial charge in [-0.05, 0) is 19.8 Å². The van der Waals surface area contributed by atoms with Crippen molar-refractivity contribution in [2.75, 3.05) is 0 Å². The van der Waals surface area contributed by atoms with E-state index in [0.717, 1.165) is 18.7 Å². The van der Waals surface area contributed by atoms with Crippen LogP contribution in [0.15, 0.2) is 11.0 Å². The first-order valence-electron chi connectivity index (χ1n) is 5.70. The van der Waals surface area contributed by atoms with Gasteiger partial charge in [-0.2, -0.15) is 5.10 Å². The molecule has 16 heavy (non-hydrogen) atoms. The fourth-order valence-corrected chi connectivity index (χ4v) is 2.49. The second kappa shape index (κ2) is 3.43. The van der Waals surface area contributed by atoms with E-state index in [4.69, 9.17) is 0 Å². The van der Waals surface area contributed by atoms with E-state index in [9.17, 15) is 4.79 Å². The lowest BCUT2D eigenvalue weighted by molar-refractivity contribution is 0.635. The zero-order valence-corrected chi connectivity index (χ0v) is 9.23. The van der Waals surface area contributed by atoms with E-state index in [1.165, 1.54) is 12.8 Å². The number of rotatable bonds is 1. The van der Waals surface area contributed by atoms with Crippen LogP contribution in [0.4, 0.5) is 0 Å². The summed E-state index contributed by atoms with van der Waals surface area (Å²) >= 11 is 0. The van der Waals surface area contributed by atoms with Crippen molar-refractivity contribution in [3.63, 3.8) is 0 Å². The Bertz CT molecular complexity index is 577. The number of hydrogen-bond acceptors (Lipinski definition) is 3. The molecule has 5 nitrogen and oxygen atoms in total. The first kappa shape index (κ1) is 9.57. The maximum Gasteiger partial charge on any atom is 0.276 e. The average molecular weight is 218 g/mol. The highest BCUT2D eigenvalue weighted by molar-refractivity contribution is 5.42. The maximum atomic E-state index is 11.7. The van der Waals surface area contributed by atoms with Gasteiger partial charge in [0.25, 0.3) is 5.56 Å². The fourth-order valence-electron chi connectivity index (χ4n) is 2.49. The van der Waals surface area contributed by atoms with Gasteiger partial charge in [0.15, 0.2) is 5.52 Å². The summed E-state index contributed by atoms with van der Waals surface area (Å²) in [6.07, 6.45) is 6.45. The number of fused-ring (bicyclic) bond motifs is 1.